The predicted octanol–water partition coefficient (Wildman–Crippen LogP) is 1.81. The van der Waals surface area contributed by atoms with Gasteiger partial charge in [-0.2, -0.15) is 0 Å². The van der Waals surface area contributed by atoms with E-state index in [1.807, 2.05) is 41.3 Å². The molecule has 1 atom stereocenters. The molecule has 0 aliphatic carbocycles. The number of piperazine rings is 1. The van der Waals surface area contributed by atoms with Crippen molar-refractivity contribution in [1.29, 1.82) is 0 Å². The molecule has 146 valence electrons. The average Bonchev–Trinajstić information content (AvgIpc) is 2.68. The fraction of sp³-hybridized carbons (Fsp3) is 0.333. The summed E-state index contributed by atoms with van der Waals surface area (Å²) in [6.07, 6.45) is 5.25. The van der Waals surface area contributed by atoms with Crippen LogP contribution in [0.5, 0.6) is 0 Å². The van der Waals surface area contributed by atoms with Crippen molar-refractivity contribution in [1.82, 2.24) is 14.5 Å². The maximum absolute atomic E-state index is 13.3. The minimum absolute atomic E-state index is 0.0497. The van der Waals surface area contributed by atoms with E-state index in [0.29, 0.717) is 18.7 Å². The molecule has 1 amide bonds. The van der Waals surface area contributed by atoms with Crippen molar-refractivity contribution in [3.63, 3.8) is 0 Å². The quantitative estimate of drug-likeness (QED) is 0.441. The van der Waals surface area contributed by atoms with E-state index in [9.17, 15) is 9.00 Å². The molecule has 1 aliphatic rings. The zero-order valence-corrected chi connectivity index (χ0v) is 17.0. The lowest BCUT2D eigenvalue weighted by molar-refractivity contribution is -0.128. The molecule has 0 aromatic heterocycles. The van der Waals surface area contributed by atoms with Gasteiger partial charge in [-0.1, -0.05) is 55.1 Å². The van der Waals surface area contributed by atoms with Gasteiger partial charge in [-0.3, -0.25) is 9.00 Å². The lowest BCUT2D eigenvalue weighted by Crippen LogP contribution is -2.47. The monoisotopic (exact) mass is 387 g/mol. The Bertz CT molecular complexity index is 818. The zero-order chi connectivity index (χ0) is 19.9. The molecule has 1 heterocycles. The van der Waals surface area contributed by atoms with Gasteiger partial charge in [-0.15, -0.1) is 0 Å². The molecule has 0 spiro atoms. The Morgan fingerprint density at radius 3 is 2.41 bits per heavy atom. The molecular formula is C21H29N3O2S. The van der Waals surface area contributed by atoms with E-state index in [-0.39, 0.29) is 11.7 Å². The molecule has 1 saturated heterocycles. The Hall–Kier alpha value is -2.15. The van der Waals surface area contributed by atoms with Crippen LogP contribution < -0.4 is 4.72 Å². The molecule has 1 aromatic carbocycles. The van der Waals surface area contributed by atoms with Crippen molar-refractivity contribution in [3.8, 4) is 0 Å². The van der Waals surface area contributed by atoms with E-state index in [0.717, 1.165) is 24.2 Å². The SMILES string of the molecule is C=C/C=C(\C(=C/CS(=C)(=O)NC)C(=O)N1CCN(C)CC1)c1ccccc1. The topological polar surface area (TPSA) is 52.7 Å². The van der Waals surface area contributed by atoms with Gasteiger partial charge in [0, 0.05) is 47.2 Å². The van der Waals surface area contributed by atoms with Crippen LogP contribution in [0.4, 0.5) is 0 Å². The Morgan fingerprint density at radius 2 is 1.85 bits per heavy atom. The molecular weight excluding hydrogens is 358 g/mol. The maximum atomic E-state index is 13.3. The first kappa shape index (κ1) is 21.2. The Labute approximate surface area is 163 Å². The fourth-order valence-electron chi connectivity index (χ4n) is 2.87. The second kappa shape index (κ2) is 9.69. The lowest BCUT2D eigenvalue weighted by Gasteiger charge is -2.33. The molecule has 6 heteroatoms. The zero-order valence-electron chi connectivity index (χ0n) is 16.2. The van der Waals surface area contributed by atoms with Crippen LogP contribution in [-0.2, 0) is 14.5 Å². The number of carbonyl (C=O) groups is 1. The van der Waals surface area contributed by atoms with Crippen molar-refractivity contribution in [2.24, 2.45) is 0 Å². The van der Waals surface area contributed by atoms with Gasteiger partial charge in [-0.05, 0) is 31.1 Å². The summed E-state index contributed by atoms with van der Waals surface area (Å²) in [5.74, 6) is 3.85. The third kappa shape index (κ3) is 5.92. The van der Waals surface area contributed by atoms with Crippen LogP contribution in [0, 0.1) is 0 Å². The largest absolute Gasteiger partial charge is 0.336 e. The molecule has 0 radical (unpaired) electrons. The van der Waals surface area contributed by atoms with E-state index < -0.39 is 9.71 Å². The molecule has 1 fully saturated rings. The normalized spacial score (nSPS) is 18.8. The number of nitrogens with zero attached hydrogens (tertiary/aromatic N) is 2. The van der Waals surface area contributed by atoms with E-state index in [1.54, 1.807) is 19.2 Å². The number of nitrogens with one attached hydrogen (secondary N) is 1. The van der Waals surface area contributed by atoms with Crippen molar-refractivity contribution < 1.29 is 9.00 Å². The highest BCUT2D eigenvalue weighted by atomic mass is 32.2. The van der Waals surface area contributed by atoms with Gasteiger partial charge in [0.05, 0.1) is 0 Å². The van der Waals surface area contributed by atoms with Crippen LogP contribution in [0.15, 0.2) is 60.7 Å². The van der Waals surface area contributed by atoms with Crippen LogP contribution in [-0.4, -0.2) is 71.8 Å². The minimum atomic E-state index is -2.48. The predicted molar refractivity (Wildman–Crippen MR) is 116 cm³/mol. The van der Waals surface area contributed by atoms with Gasteiger partial charge >= 0.3 is 0 Å². The van der Waals surface area contributed by atoms with Crippen LogP contribution in [0.2, 0.25) is 0 Å². The standard InChI is InChI=1S/C21H29N3O2S/c1-5-9-19(18-10-7-6-8-11-18)20(12-17-27(4,26)22-2)21(25)24-15-13-23(3)14-16-24/h5-12H,1,4,13-17H2,2-3H3,(H,22,26)/b19-9-,20-12+. The Kier molecular flexibility index (Phi) is 7.59. The number of carbonyl (C=O) groups excluding carboxylic acids is 1. The number of benzene rings is 1. The summed E-state index contributed by atoms with van der Waals surface area (Å²) < 4.78 is 15.1. The van der Waals surface area contributed by atoms with Gasteiger partial charge in [0.1, 0.15) is 0 Å². The third-order valence-electron chi connectivity index (χ3n) is 4.61. The van der Waals surface area contributed by atoms with Crippen LogP contribution in [0.25, 0.3) is 5.57 Å². The number of allylic oxidation sites excluding steroid dienone is 2. The van der Waals surface area contributed by atoms with Crippen LogP contribution in [0.1, 0.15) is 5.56 Å². The van der Waals surface area contributed by atoms with Crippen molar-refractivity contribution in [2.75, 3.05) is 46.0 Å². The molecule has 5 nitrogen and oxygen atoms in total. The molecule has 1 unspecified atom stereocenters. The number of likely N-dealkylation sites (N-methyl/N-ethyl adjacent to an activating group) is 1. The van der Waals surface area contributed by atoms with Crippen molar-refractivity contribution >= 4 is 27.1 Å². The van der Waals surface area contributed by atoms with Crippen molar-refractivity contribution in [2.45, 2.75) is 0 Å². The van der Waals surface area contributed by atoms with Gasteiger partial charge in [0.15, 0.2) is 0 Å². The van der Waals surface area contributed by atoms with Gasteiger partial charge in [-0.25, -0.2) is 4.72 Å². The molecule has 1 N–H and O–H groups in total. The summed E-state index contributed by atoms with van der Waals surface area (Å²) in [6.45, 7) is 6.83. The molecule has 2 rings (SSSR count). The van der Waals surface area contributed by atoms with Gasteiger partial charge in [0.2, 0.25) is 0 Å². The van der Waals surface area contributed by atoms with Crippen molar-refractivity contribution in [3.05, 3.63) is 66.3 Å². The minimum Gasteiger partial charge on any atom is -0.336 e. The van der Waals surface area contributed by atoms with E-state index in [1.165, 1.54) is 0 Å². The molecule has 0 bridgehead atoms. The molecule has 0 saturated carbocycles. The lowest BCUT2D eigenvalue weighted by atomic mass is 9.96. The summed E-state index contributed by atoms with van der Waals surface area (Å²) in [7, 11) is 1.19. The summed E-state index contributed by atoms with van der Waals surface area (Å²) in [6, 6.07) is 9.72. The fourth-order valence-corrected chi connectivity index (χ4v) is 3.47. The molecule has 1 aliphatic heterocycles. The number of amides is 1. The first-order chi connectivity index (χ1) is 12.9. The summed E-state index contributed by atoms with van der Waals surface area (Å²) in [4.78, 5) is 17.4. The van der Waals surface area contributed by atoms with Crippen LogP contribution in [0.3, 0.4) is 0 Å². The van der Waals surface area contributed by atoms with Crippen LogP contribution >= 0.6 is 0 Å². The van der Waals surface area contributed by atoms with E-state index in [2.05, 4.69) is 29.1 Å². The summed E-state index contributed by atoms with van der Waals surface area (Å²) >= 11 is 0. The third-order valence-corrected chi connectivity index (χ3v) is 6.06. The molecule has 1 aromatic rings. The number of rotatable bonds is 7. The maximum Gasteiger partial charge on any atom is 0.254 e. The first-order valence-corrected chi connectivity index (χ1v) is 10.9. The highest BCUT2D eigenvalue weighted by Crippen LogP contribution is 2.25. The second-order valence-corrected chi connectivity index (χ2v) is 8.94. The Balaban J connectivity index is 2.44. The highest BCUT2D eigenvalue weighted by molar-refractivity contribution is 7.98. The Morgan fingerprint density at radius 1 is 1.22 bits per heavy atom. The van der Waals surface area contributed by atoms with E-state index in [4.69, 9.17) is 0 Å². The summed E-state index contributed by atoms with van der Waals surface area (Å²) in [5.41, 5.74) is 2.24. The first-order valence-electron chi connectivity index (χ1n) is 8.98. The average molecular weight is 388 g/mol. The highest BCUT2D eigenvalue weighted by Gasteiger charge is 2.24. The number of hydrogen-bond acceptors (Lipinski definition) is 3. The summed E-state index contributed by atoms with van der Waals surface area (Å²) in [5, 5.41) is 0. The smallest absolute Gasteiger partial charge is 0.254 e. The second-order valence-electron chi connectivity index (χ2n) is 6.58. The van der Waals surface area contributed by atoms with Gasteiger partial charge < -0.3 is 9.80 Å². The molecule has 27 heavy (non-hydrogen) atoms. The van der Waals surface area contributed by atoms with Gasteiger partial charge in [0.25, 0.3) is 5.91 Å². The van der Waals surface area contributed by atoms with E-state index >= 15 is 0 Å². The number of hydrogen-bond donors (Lipinski definition) is 1.